The molecule has 19 heavy (non-hydrogen) atoms. The first kappa shape index (κ1) is 15.3. The summed E-state index contributed by atoms with van der Waals surface area (Å²) < 4.78 is 27.0. The first-order valence-electron chi connectivity index (χ1n) is 5.90. The molecule has 0 atom stereocenters. The first-order chi connectivity index (χ1) is 9.04. The third-order valence-electron chi connectivity index (χ3n) is 2.69. The molecule has 1 aromatic rings. The predicted octanol–water partition coefficient (Wildman–Crippen LogP) is 1.09. The third kappa shape index (κ3) is 3.62. The first-order valence-corrected chi connectivity index (χ1v) is 5.90. The van der Waals surface area contributed by atoms with E-state index < -0.39 is 23.2 Å². The van der Waals surface area contributed by atoms with Crippen molar-refractivity contribution in [2.75, 3.05) is 25.1 Å². The number of carbonyl (C=O) groups excluding carboxylic acids is 1. The third-order valence-corrected chi connectivity index (χ3v) is 2.69. The Hall–Kier alpha value is -1.73. The van der Waals surface area contributed by atoms with Crippen molar-refractivity contribution in [2.24, 2.45) is 5.84 Å². The summed E-state index contributed by atoms with van der Waals surface area (Å²) in [5.74, 6) is 2.63. The van der Waals surface area contributed by atoms with Crippen molar-refractivity contribution >= 4 is 11.6 Å². The second kappa shape index (κ2) is 7.01. The van der Waals surface area contributed by atoms with Gasteiger partial charge in [-0.15, -0.1) is 0 Å². The standard InChI is InChI=1S/C12H17F2N3O2/c1-2-17(4-3-5-18)12(19)8-6-9(13)11(16-15)10(14)7-8/h6-7,16,18H,2-5,15H2,1H3. The average molecular weight is 273 g/mol. The van der Waals surface area contributed by atoms with Crippen LogP contribution in [0.3, 0.4) is 0 Å². The highest BCUT2D eigenvalue weighted by molar-refractivity contribution is 5.94. The van der Waals surface area contributed by atoms with E-state index in [2.05, 4.69) is 0 Å². The van der Waals surface area contributed by atoms with Crippen LogP contribution in [0.2, 0.25) is 0 Å². The number of nitrogens with two attached hydrogens (primary N) is 1. The normalized spacial score (nSPS) is 10.4. The largest absolute Gasteiger partial charge is 0.396 e. The Balaban J connectivity index is 2.98. The van der Waals surface area contributed by atoms with Crippen LogP contribution in [-0.4, -0.2) is 35.6 Å². The van der Waals surface area contributed by atoms with E-state index >= 15 is 0 Å². The molecule has 0 aliphatic heterocycles. The lowest BCUT2D eigenvalue weighted by molar-refractivity contribution is 0.0753. The molecule has 0 spiro atoms. The maximum absolute atomic E-state index is 13.5. The van der Waals surface area contributed by atoms with Crippen LogP contribution in [0.4, 0.5) is 14.5 Å². The molecule has 0 fully saturated rings. The number of aliphatic hydroxyl groups excluding tert-OH is 1. The lowest BCUT2D eigenvalue weighted by Gasteiger charge is -2.20. The van der Waals surface area contributed by atoms with Crippen LogP contribution in [0.1, 0.15) is 23.7 Å². The monoisotopic (exact) mass is 273 g/mol. The smallest absolute Gasteiger partial charge is 0.254 e. The molecule has 1 aromatic carbocycles. The van der Waals surface area contributed by atoms with Crippen molar-refractivity contribution in [2.45, 2.75) is 13.3 Å². The molecule has 0 saturated heterocycles. The molecular formula is C12H17F2N3O2. The van der Waals surface area contributed by atoms with Gasteiger partial charge in [-0.05, 0) is 25.5 Å². The van der Waals surface area contributed by atoms with Gasteiger partial charge >= 0.3 is 0 Å². The van der Waals surface area contributed by atoms with Gasteiger partial charge in [0.2, 0.25) is 0 Å². The van der Waals surface area contributed by atoms with Crippen LogP contribution in [-0.2, 0) is 0 Å². The molecule has 0 radical (unpaired) electrons. The molecule has 0 bridgehead atoms. The van der Waals surface area contributed by atoms with E-state index in [0.717, 1.165) is 12.1 Å². The van der Waals surface area contributed by atoms with E-state index in [4.69, 9.17) is 10.9 Å². The number of benzene rings is 1. The zero-order chi connectivity index (χ0) is 14.4. The Morgan fingerprint density at radius 1 is 1.42 bits per heavy atom. The highest BCUT2D eigenvalue weighted by Crippen LogP contribution is 2.20. The molecule has 106 valence electrons. The van der Waals surface area contributed by atoms with Gasteiger partial charge in [0, 0.05) is 25.3 Å². The van der Waals surface area contributed by atoms with Gasteiger partial charge in [0.05, 0.1) is 0 Å². The maximum Gasteiger partial charge on any atom is 0.254 e. The molecule has 0 heterocycles. The fraction of sp³-hybridized carbons (Fsp3) is 0.417. The molecule has 7 heteroatoms. The molecule has 0 aliphatic rings. The highest BCUT2D eigenvalue weighted by atomic mass is 19.1. The van der Waals surface area contributed by atoms with Gasteiger partial charge in [0.25, 0.3) is 5.91 Å². The van der Waals surface area contributed by atoms with Gasteiger partial charge in [-0.2, -0.15) is 0 Å². The van der Waals surface area contributed by atoms with Gasteiger partial charge in [0.15, 0.2) is 11.6 Å². The van der Waals surface area contributed by atoms with E-state index in [1.807, 2.05) is 5.43 Å². The van der Waals surface area contributed by atoms with Crippen molar-refractivity contribution in [1.82, 2.24) is 4.90 Å². The highest BCUT2D eigenvalue weighted by Gasteiger charge is 2.18. The van der Waals surface area contributed by atoms with Crippen molar-refractivity contribution in [1.29, 1.82) is 0 Å². The fourth-order valence-corrected chi connectivity index (χ4v) is 1.68. The number of halogens is 2. The number of carbonyl (C=O) groups is 1. The van der Waals surface area contributed by atoms with Crippen molar-refractivity contribution in [3.8, 4) is 0 Å². The number of hydrogen-bond donors (Lipinski definition) is 3. The van der Waals surface area contributed by atoms with Crippen LogP contribution in [0.25, 0.3) is 0 Å². The molecule has 0 saturated carbocycles. The van der Waals surface area contributed by atoms with Crippen LogP contribution >= 0.6 is 0 Å². The summed E-state index contributed by atoms with van der Waals surface area (Å²) in [5, 5.41) is 8.74. The summed E-state index contributed by atoms with van der Waals surface area (Å²) >= 11 is 0. The second-order valence-corrected chi connectivity index (χ2v) is 3.92. The fourth-order valence-electron chi connectivity index (χ4n) is 1.68. The molecule has 0 aliphatic carbocycles. The van der Waals surface area contributed by atoms with E-state index in [9.17, 15) is 13.6 Å². The molecule has 0 unspecified atom stereocenters. The number of nitrogen functional groups attached to an aromatic ring is 1. The quantitative estimate of drug-likeness (QED) is 0.535. The Bertz CT molecular complexity index is 432. The molecule has 5 nitrogen and oxygen atoms in total. The van der Waals surface area contributed by atoms with Crippen LogP contribution in [0.5, 0.6) is 0 Å². The number of hydrazine groups is 1. The van der Waals surface area contributed by atoms with Crippen LogP contribution in [0.15, 0.2) is 12.1 Å². The molecule has 0 aromatic heterocycles. The number of nitrogens with zero attached hydrogens (tertiary/aromatic N) is 1. The number of rotatable bonds is 6. The van der Waals surface area contributed by atoms with Crippen LogP contribution < -0.4 is 11.3 Å². The van der Waals surface area contributed by atoms with Crippen molar-refractivity contribution < 1.29 is 18.7 Å². The minimum atomic E-state index is -0.927. The van der Waals surface area contributed by atoms with E-state index in [-0.39, 0.29) is 12.2 Å². The van der Waals surface area contributed by atoms with E-state index in [1.54, 1.807) is 6.92 Å². The Morgan fingerprint density at radius 2 is 2.00 bits per heavy atom. The summed E-state index contributed by atoms with van der Waals surface area (Å²) in [5.41, 5.74) is 1.33. The van der Waals surface area contributed by atoms with E-state index in [1.165, 1.54) is 4.90 Å². The number of anilines is 1. The van der Waals surface area contributed by atoms with Gasteiger partial charge in [-0.25, -0.2) is 8.78 Å². The van der Waals surface area contributed by atoms with Crippen molar-refractivity contribution in [3.05, 3.63) is 29.3 Å². The minimum absolute atomic E-state index is 0.0530. The molecular weight excluding hydrogens is 256 g/mol. The average Bonchev–Trinajstić information content (AvgIpc) is 2.39. The second-order valence-electron chi connectivity index (χ2n) is 3.92. The summed E-state index contributed by atoms with van der Waals surface area (Å²) in [6.07, 6.45) is 0.410. The predicted molar refractivity (Wildman–Crippen MR) is 67.4 cm³/mol. The number of amides is 1. The molecule has 1 amide bonds. The summed E-state index contributed by atoms with van der Waals surface area (Å²) in [6.45, 7) is 2.41. The summed E-state index contributed by atoms with van der Waals surface area (Å²) in [4.78, 5) is 13.4. The lowest BCUT2D eigenvalue weighted by atomic mass is 10.1. The molecule has 1 rings (SSSR count). The van der Waals surface area contributed by atoms with Gasteiger partial charge in [0.1, 0.15) is 5.69 Å². The number of aliphatic hydroxyl groups is 1. The number of nitrogens with one attached hydrogen (secondary N) is 1. The maximum atomic E-state index is 13.5. The van der Waals surface area contributed by atoms with Gasteiger partial charge in [-0.1, -0.05) is 0 Å². The lowest BCUT2D eigenvalue weighted by Crippen LogP contribution is -2.32. The van der Waals surface area contributed by atoms with E-state index in [0.29, 0.717) is 19.5 Å². The zero-order valence-electron chi connectivity index (χ0n) is 10.6. The number of hydrogen-bond acceptors (Lipinski definition) is 4. The Morgan fingerprint density at radius 3 is 2.42 bits per heavy atom. The van der Waals surface area contributed by atoms with Crippen LogP contribution in [0, 0.1) is 11.6 Å². The van der Waals surface area contributed by atoms with Gasteiger partial charge < -0.3 is 15.4 Å². The Labute approximate surface area is 110 Å². The van der Waals surface area contributed by atoms with Gasteiger partial charge in [-0.3, -0.25) is 10.6 Å². The Kier molecular flexibility index (Phi) is 5.65. The summed E-state index contributed by atoms with van der Waals surface area (Å²) in [7, 11) is 0. The molecule has 4 N–H and O–H groups in total. The zero-order valence-corrected chi connectivity index (χ0v) is 10.6. The topological polar surface area (TPSA) is 78.6 Å². The van der Waals surface area contributed by atoms with Crippen molar-refractivity contribution in [3.63, 3.8) is 0 Å². The summed E-state index contributed by atoms with van der Waals surface area (Å²) in [6, 6.07) is 1.87. The minimum Gasteiger partial charge on any atom is -0.396 e. The SMILES string of the molecule is CCN(CCCO)C(=O)c1cc(F)c(NN)c(F)c1.